The van der Waals surface area contributed by atoms with Crippen molar-refractivity contribution in [3.05, 3.63) is 29.3 Å². The molecule has 9 nitrogen and oxygen atoms in total. The maximum atomic E-state index is 12.2. The second-order valence-corrected chi connectivity index (χ2v) is 9.51. The SMILES string of the molecule is CONC(=O)c1ccc(C)c(Nc2nc(N(C)CC(C)(C)C)nc(N3CCCCC3)n2)c1. The highest BCUT2D eigenvalue weighted by Gasteiger charge is 2.21. The van der Waals surface area contributed by atoms with Crippen molar-refractivity contribution in [3.8, 4) is 0 Å². The Morgan fingerprint density at radius 2 is 1.88 bits per heavy atom. The molecule has 0 unspecified atom stereocenters. The van der Waals surface area contributed by atoms with Gasteiger partial charge in [-0.2, -0.15) is 15.0 Å². The molecule has 1 amide bonds. The third-order valence-electron chi connectivity index (χ3n) is 5.24. The fourth-order valence-corrected chi connectivity index (χ4v) is 3.77. The van der Waals surface area contributed by atoms with E-state index in [0.717, 1.165) is 43.7 Å². The van der Waals surface area contributed by atoms with Crippen LogP contribution < -0.4 is 20.6 Å². The molecule has 0 bridgehead atoms. The summed E-state index contributed by atoms with van der Waals surface area (Å²) in [4.78, 5) is 35.4. The van der Waals surface area contributed by atoms with E-state index < -0.39 is 0 Å². The van der Waals surface area contributed by atoms with Gasteiger partial charge in [0.1, 0.15) is 0 Å². The van der Waals surface area contributed by atoms with Crippen molar-refractivity contribution in [2.24, 2.45) is 5.41 Å². The van der Waals surface area contributed by atoms with E-state index in [1.807, 2.05) is 20.0 Å². The molecule has 1 fully saturated rings. The number of anilines is 4. The summed E-state index contributed by atoms with van der Waals surface area (Å²) in [6, 6.07) is 5.41. The van der Waals surface area contributed by atoms with E-state index in [-0.39, 0.29) is 11.3 Å². The summed E-state index contributed by atoms with van der Waals surface area (Å²) < 4.78 is 0. The molecule has 1 saturated heterocycles. The van der Waals surface area contributed by atoms with Crippen LogP contribution in [0.15, 0.2) is 18.2 Å². The van der Waals surface area contributed by atoms with E-state index in [0.29, 0.717) is 23.4 Å². The molecule has 32 heavy (non-hydrogen) atoms. The lowest BCUT2D eigenvalue weighted by Crippen LogP contribution is -2.34. The van der Waals surface area contributed by atoms with Gasteiger partial charge in [-0.1, -0.05) is 26.8 Å². The van der Waals surface area contributed by atoms with E-state index in [9.17, 15) is 4.79 Å². The monoisotopic (exact) mass is 441 g/mol. The average molecular weight is 442 g/mol. The first-order valence-corrected chi connectivity index (χ1v) is 11.1. The number of benzene rings is 1. The molecule has 0 saturated carbocycles. The number of carbonyl (C=O) groups is 1. The Kier molecular flexibility index (Phi) is 7.50. The number of piperidine rings is 1. The van der Waals surface area contributed by atoms with Crippen LogP contribution in [0.3, 0.4) is 0 Å². The number of aromatic nitrogens is 3. The highest BCUT2D eigenvalue weighted by Crippen LogP contribution is 2.25. The normalized spacial score (nSPS) is 14.2. The van der Waals surface area contributed by atoms with Crippen molar-refractivity contribution < 1.29 is 9.63 Å². The number of rotatable bonds is 7. The number of hydrogen-bond donors (Lipinski definition) is 2. The predicted molar refractivity (Wildman–Crippen MR) is 128 cm³/mol. The van der Waals surface area contributed by atoms with Gasteiger partial charge in [0.15, 0.2) is 0 Å². The van der Waals surface area contributed by atoms with E-state index in [1.165, 1.54) is 13.5 Å². The summed E-state index contributed by atoms with van der Waals surface area (Å²) in [5.74, 6) is 1.46. The second kappa shape index (κ2) is 10.1. The zero-order valence-electron chi connectivity index (χ0n) is 20.0. The fraction of sp³-hybridized carbons (Fsp3) is 0.565. The summed E-state index contributed by atoms with van der Waals surface area (Å²) in [5.41, 5.74) is 4.66. The summed E-state index contributed by atoms with van der Waals surface area (Å²) in [5, 5.41) is 3.31. The molecule has 1 aromatic heterocycles. The van der Waals surface area contributed by atoms with Crippen LogP contribution in [-0.4, -0.2) is 54.7 Å². The zero-order valence-corrected chi connectivity index (χ0v) is 20.0. The average Bonchev–Trinajstić information content (AvgIpc) is 2.74. The first kappa shape index (κ1) is 23.7. The molecule has 0 spiro atoms. The Morgan fingerprint density at radius 3 is 2.53 bits per heavy atom. The Hall–Kier alpha value is -2.94. The quantitative estimate of drug-likeness (QED) is 0.628. The van der Waals surface area contributed by atoms with E-state index >= 15 is 0 Å². The highest BCUT2D eigenvalue weighted by molar-refractivity contribution is 5.94. The van der Waals surface area contributed by atoms with Gasteiger partial charge in [-0.15, -0.1) is 0 Å². The maximum Gasteiger partial charge on any atom is 0.274 e. The summed E-state index contributed by atoms with van der Waals surface area (Å²) >= 11 is 0. The molecule has 0 aliphatic carbocycles. The zero-order chi connectivity index (χ0) is 23.3. The summed E-state index contributed by atoms with van der Waals surface area (Å²) in [6.45, 7) is 11.2. The lowest BCUT2D eigenvalue weighted by Gasteiger charge is -2.30. The molecule has 1 aromatic carbocycles. The van der Waals surface area contributed by atoms with Crippen LogP contribution in [-0.2, 0) is 4.84 Å². The topological polar surface area (TPSA) is 95.5 Å². The molecule has 2 heterocycles. The van der Waals surface area contributed by atoms with Crippen molar-refractivity contribution >= 4 is 29.4 Å². The van der Waals surface area contributed by atoms with Crippen molar-refractivity contribution in [2.75, 3.05) is 48.9 Å². The molecular weight excluding hydrogens is 406 g/mol. The molecule has 3 rings (SSSR count). The molecule has 2 N–H and O–H groups in total. The van der Waals surface area contributed by atoms with Gasteiger partial charge in [0.25, 0.3) is 5.91 Å². The largest absolute Gasteiger partial charge is 0.343 e. The molecule has 0 atom stereocenters. The summed E-state index contributed by atoms with van der Waals surface area (Å²) in [6.07, 6.45) is 3.51. The highest BCUT2D eigenvalue weighted by atomic mass is 16.6. The van der Waals surface area contributed by atoms with Gasteiger partial charge in [0, 0.05) is 37.9 Å². The fourth-order valence-electron chi connectivity index (χ4n) is 3.77. The van der Waals surface area contributed by atoms with Crippen LogP contribution in [0.1, 0.15) is 56.0 Å². The van der Waals surface area contributed by atoms with Gasteiger partial charge in [0.05, 0.1) is 7.11 Å². The Balaban J connectivity index is 1.95. The number of aryl methyl sites for hydroxylation is 1. The van der Waals surface area contributed by atoms with Crippen LogP contribution in [0, 0.1) is 12.3 Å². The van der Waals surface area contributed by atoms with Crippen LogP contribution in [0.5, 0.6) is 0 Å². The third kappa shape index (κ3) is 6.29. The Bertz CT molecular complexity index is 936. The van der Waals surface area contributed by atoms with Gasteiger partial charge in [-0.05, 0) is 49.3 Å². The van der Waals surface area contributed by atoms with Gasteiger partial charge in [0.2, 0.25) is 17.8 Å². The molecular formula is C23H35N7O2. The van der Waals surface area contributed by atoms with Crippen molar-refractivity contribution in [3.63, 3.8) is 0 Å². The van der Waals surface area contributed by atoms with Gasteiger partial charge >= 0.3 is 0 Å². The van der Waals surface area contributed by atoms with Crippen molar-refractivity contribution in [1.82, 2.24) is 20.4 Å². The van der Waals surface area contributed by atoms with Crippen molar-refractivity contribution in [2.45, 2.75) is 47.0 Å². The Labute approximate surface area is 190 Å². The minimum atomic E-state index is -0.314. The van der Waals surface area contributed by atoms with E-state index in [1.54, 1.807) is 12.1 Å². The van der Waals surface area contributed by atoms with Crippen LogP contribution in [0.25, 0.3) is 0 Å². The smallest absolute Gasteiger partial charge is 0.274 e. The number of hydroxylamine groups is 1. The van der Waals surface area contributed by atoms with Crippen LogP contribution in [0.4, 0.5) is 23.5 Å². The first-order valence-electron chi connectivity index (χ1n) is 11.1. The Morgan fingerprint density at radius 1 is 1.16 bits per heavy atom. The molecule has 0 radical (unpaired) electrons. The third-order valence-corrected chi connectivity index (χ3v) is 5.24. The van der Waals surface area contributed by atoms with Crippen molar-refractivity contribution in [1.29, 1.82) is 0 Å². The maximum absolute atomic E-state index is 12.2. The molecule has 174 valence electrons. The number of nitrogens with zero attached hydrogens (tertiary/aromatic N) is 5. The first-order chi connectivity index (χ1) is 15.2. The van der Waals surface area contributed by atoms with Gasteiger partial charge in [-0.25, -0.2) is 5.48 Å². The van der Waals surface area contributed by atoms with Crippen LogP contribution >= 0.6 is 0 Å². The van der Waals surface area contributed by atoms with E-state index in [4.69, 9.17) is 19.8 Å². The minimum Gasteiger partial charge on any atom is -0.343 e. The number of carbonyl (C=O) groups excluding carboxylic acids is 1. The predicted octanol–water partition coefficient (Wildman–Crippen LogP) is 3.69. The van der Waals surface area contributed by atoms with Gasteiger partial charge < -0.3 is 15.1 Å². The summed E-state index contributed by atoms with van der Waals surface area (Å²) in [7, 11) is 3.42. The lowest BCUT2D eigenvalue weighted by atomic mass is 9.96. The second-order valence-electron chi connectivity index (χ2n) is 9.51. The number of nitrogens with one attached hydrogen (secondary N) is 2. The number of hydrogen-bond acceptors (Lipinski definition) is 8. The standard InChI is InChI=1S/C23H35N7O2/c1-16-10-11-17(19(31)28-32-6)14-18(16)24-20-25-21(29(5)15-23(2,3)4)27-22(26-20)30-12-8-7-9-13-30/h10-11,14H,7-9,12-13,15H2,1-6H3,(H,28,31)(H,24,25,26,27). The lowest BCUT2D eigenvalue weighted by molar-refractivity contribution is 0.0537. The number of amides is 1. The minimum absolute atomic E-state index is 0.0971. The molecule has 9 heteroatoms. The molecule has 2 aromatic rings. The van der Waals surface area contributed by atoms with Gasteiger partial charge in [-0.3, -0.25) is 9.63 Å². The molecule has 1 aliphatic heterocycles. The molecule has 1 aliphatic rings. The van der Waals surface area contributed by atoms with E-state index in [2.05, 4.69) is 41.4 Å². The van der Waals surface area contributed by atoms with Crippen LogP contribution in [0.2, 0.25) is 0 Å².